The quantitative estimate of drug-likeness (QED) is 0.867. The molecule has 2 aromatic rings. The minimum absolute atomic E-state index is 0.0162. The number of nitrogens with zero attached hydrogens (tertiary/aromatic N) is 1. The van der Waals surface area contributed by atoms with Crippen molar-refractivity contribution in [3.8, 4) is 5.75 Å². The number of hydrogen-bond donors (Lipinski definition) is 2. The Balaban J connectivity index is 1.62. The van der Waals surface area contributed by atoms with Crippen LogP contribution in [-0.2, 0) is 11.2 Å². The normalized spacial score (nSPS) is 16.5. The van der Waals surface area contributed by atoms with E-state index in [2.05, 4.69) is 10.6 Å². The lowest BCUT2D eigenvalue weighted by molar-refractivity contribution is -0.117. The second kappa shape index (κ2) is 7.91. The summed E-state index contributed by atoms with van der Waals surface area (Å²) in [4.78, 5) is 26.3. The number of benzene rings is 2. The van der Waals surface area contributed by atoms with Gasteiger partial charge in [0.15, 0.2) is 0 Å². The zero-order valence-corrected chi connectivity index (χ0v) is 15.0. The lowest BCUT2D eigenvalue weighted by Gasteiger charge is -2.18. The van der Waals surface area contributed by atoms with Crippen LogP contribution in [0.4, 0.5) is 16.2 Å². The molecule has 6 heteroatoms. The maximum absolute atomic E-state index is 12.3. The van der Waals surface area contributed by atoms with Crippen LogP contribution in [0, 0.1) is 0 Å². The van der Waals surface area contributed by atoms with Crippen molar-refractivity contribution in [1.82, 2.24) is 5.32 Å². The van der Waals surface area contributed by atoms with Crippen LogP contribution in [0.25, 0.3) is 0 Å². The number of rotatable bonds is 5. The summed E-state index contributed by atoms with van der Waals surface area (Å²) in [6.07, 6.45) is 1.11. The summed E-state index contributed by atoms with van der Waals surface area (Å²) < 4.78 is 5.21. The Hall–Kier alpha value is -3.02. The highest BCUT2D eigenvalue weighted by Crippen LogP contribution is 2.25. The predicted octanol–water partition coefficient (Wildman–Crippen LogP) is 3.18. The second-order valence-corrected chi connectivity index (χ2v) is 6.22. The molecule has 1 aliphatic heterocycles. The van der Waals surface area contributed by atoms with Gasteiger partial charge in [0.2, 0.25) is 5.91 Å². The zero-order chi connectivity index (χ0) is 18.5. The van der Waals surface area contributed by atoms with Crippen molar-refractivity contribution < 1.29 is 14.3 Å². The zero-order valence-electron chi connectivity index (χ0n) is 15.0. The van der Waals surface area contributed by atoms with Gasteiger partial charge in [0.1, 0.15) is 5.75 Å². The molecule has 0 radical (unpaired) electrons. The first-order valence-corrected chi connectivity index (χ1v) is 8.70. The predicted molar refractivity (Wildman–Crippen MR) is 102 cm³/mol. The third-order valence-corrected chi connectivity index (χ3v) is 4.47. The number of para-hydroxylation sites is 1. The summed E-state index contributed by atoms with van der Waals surface area (Å²) in [6, 6.07) is 14.5. The van der Waals surface area contributed by atoms with Crippen LogP contribution in [0.3, 0.4) is 0 Å². The number of aryl methyl sites for hydroxylation is 1. The van der Waals surface area contributed by atoms with Crippen LogP contribution in [-0.4, -0.2) is 31.6 Å². The number of nitrogens with one attached hydrogen (secondary N) is 2. The molecule has 2 aromatic carbocycles. The molecule has 0 unspecified atom stereocenters. The van der Waals surface area contributed by atoms with E-state index in [0.29, 0.717) is 12.3 Å². The molecule has 136 valence electrons. The molecule has 0 saturated carbocycles. The van der Waals surface area contributed by atoms with E-state index in [4.69, 9.17) is 4.74 Å². The van der Waals surface area contributed by atoms with Gasteiger partial charge in [0.05, 0.1) is 13.2 Å². The molecule has 1 fully saturated rings. The first-order valence-electron chi connectivity index (χ1n) is 8.70. The molecule has 1 heterocycles. The SMILES string of the molecule is CCc1ccccc1NC(=O)N[C@@H]1CC(=O)N(c2cccc(OC)c2)C1. The molecular weight excluding hydrogens is 330 g/mol. The molecule has 1 aliphatic rings. The minimum atomic E-state index is -0.295. The van der Waals surface area contributed by atoms with Crippen LogP contribution in [0.15, 0.2) is 48.5 Å². The number of urea groups is 1. The van der Waals surface area contributed by atoms with E-state index in [1.807, 2.05) is 55.5 Å². The number of ether oxygens (including phenoxy) is 1. The van der Waals surface area contributed by atoms with Crippen LogP contribution < -0.4 is 20.3 Å². The Morgan fingerprint density at radius 3 is 2.81 bits per heavy atom. The summed E-state index contributed by atoms with van der Waals surface area (Å²) in [5.74, 6) is 0.679. The molecular formula is C20H23N3O3. The molecule has 26 heavy (non-hydrogen) atoms. The summed E-state index contributed by atoms with van der Waals surface area (Å²) in [5, 5.41) is 5.77. The average molecular weight is 353 g/mol. The highest BCUT2D eigenvalue weighted by atomic mass is 16.5. The van der Waals surface area contributed by atoms with Crippen molar-refractivity contribution in [2.45, 2.75) is 25.8 Å². The molecule has 1 atom stereocenters. The van der Waals surface area contributed by atoms with E-state index in [0.717, 1.165) is 23.4 Å². The standard InChI is InChI=1S/C20H23N3O3/c1-3-14-7-4-5-10-18(14)22-20(25)21-15-11-19(24)23(13-15)16-8-6-9-17(12-16)26-2/h4-10,12,15H,3,11,13H2,1-2H3,(H2,21,22,25)/t15-/m1/s1. The third-order valence-electron chi connectivity index (χ3n) is 4.47. The average Bonchev–Trinajstić information content (AvgIpc) is 3.02. The molecule has 2 N–H and O–H groups in total. The Bertz CT molecular complexity index is 806. The number of anilines is 2. The van der Waals surface area contributed by atoms with Crippen molar-refractivity contribution in [3.05, 3.63) is 54.1 Å². The fourth-order valence-electron chi connectivity index (χ4n) is 3.13. The molecule has 3 amide bonds. The molecule has 0 spiro atoms. The third kappa shape index (κ3) is 3.96. The monoisotopic (exact) mass is 353 g/mol. The van der Waals surface area contributed by atoms with Gasteiger partial charge in [-0.3, -0.25) is 4.79 Å². The van der Waals surface area contributed by atoms with E-state index < -0.39 is 0 Å². The van der Waals surface area contributed by atoms with Crippen molar-refractivity contribution >= 4 is 23.3 Å². The summed E-state index contributed by atoms with van der Waals surface area (Å²) in [5.41, 5.74) is 2.64. The number of carbonyl (C=O) groups excluding carboxylic acids is 2. The smallest absolute Gasteiger partial charge is 0.319 e. The van der Waals surface area contributed by atoms with E-state index in [1.165, 1.54) is 0 Å². The van der Waals surface area contributed by atoms with Crippen LogP contribution >= 0.6 is 0 Å². The van der Waals surface area contributed by atoms with Crippen molar-refractivity contribution in [1.29, 1.82) is 0 Å². The molecule has 6 nitrogen and oxygen atoms in total. The first kappa shape index (κ1) is 17.8. The summed E-state index contributed by atoms with van der Waals surface area (Å²) >= 11 is 0. The van der Waals surface area contributed by atoms with Gasteiger partial charge < -0.3 is 20.3 Å². The fourth-order valence-corrected chi connectivity index (χ4v) is 3.13. The van der Waals surface area contributed by atoms with Gasteiger partial charge in [-0.15, -0.1) is 0 Å². The largest absolute Gasteiger partial charge is 0.497 e. The van der Waals surface area contributed by atoms with Gasteiger partial charge in [-0.05, 0) is 30.2 Å². The lowest BCUT2D eigenvalue weighted by atomic mass is 10.1. The Kier molecular flexibility index (Phi) is 5.41. The van der Waals surface area contributed by atoms with Gasteiger partial charge in [-0.1, -0.05) is 31.2 Å². The maximum Gasteiger partial charge on any atom is 0.319 e. The topological polar surface area (TPSA) is 70.7 Å². The van der Waals surface area contributed by atoms with Gasteiger partial charge in [-0.2, -0.15) is 0 Å². The molecule has 3 rings (SSSR count). The van der Waals surface area contributed by atoms with E-state index in [-0.39, 0.29) is 24.4 Å². The number of hydrogen-bond acceptors (Lipinski definition) is 3. The highest BCUT2D eigenvalue weighted by Gasteiger charge is 2.31. The van der Waals surface area contributed by atoms with Crippen molar-refractivity contribution in [2.24, 2.45) is 0 Å². The van der Waals surface area contributed by atoms with Gasteiger partial charge in [0, 0.05) is 30.4 Å². The number of methoxy groups -OCH3 is 1. The van der Waals surface area contributed by atoms with Crippen LogP contribution in [0.1, 0.15) is 18.9 Å². The second-order valence-electron chi connectivity index (χ2n) is 6.22. The molecule has 0 bridgehead atoms. The first-order chi connectivity index (χ1) is 12.6. The van der Waals surface area contributed by atoms with Crippen molar-refractivity contribution in [2.75, 3.05) is 23.9 Å². The summed E-state index contributed by atoms with van der Waals surface area (Å²) in [7, 11) is 1.59. The van der Waals surface area contributed by atoms with Gasteiger partial charge in [-0.25, -0.2) is 4.79 Å². The number of amides is 3. The Morgan fingerprint density at radius 2 is 2.04 bits per heavy atom. The minimum Gasteiger partial charge on any atom is -0.497 e. The Morgan fingerprint density at radius 1 is 1.23 bits per heavy atom. The van der Waals surface area contributed by atoms with E-state index in [1.54, 1.807) is 12.0 Å². The van der Waals surface area contributed by atoms with E-state index in [9.17, 15) is 9.59 Å². The lowest BCUT2D eigenvalue weighted by Crippen LogP contribution is -2.39. The molecule has 0 aliphatic carbocycles. The molecule has 0 aromatic heterocycles. The fraction of sp³-hybridized carbons (Fsp3) is 0.300. The van der Waals surface area contributed by atoms with Crippen LogP contribution in [0.2, 0.25) is 0 Å². The van der Waals surface area contributed by atoms with E-state index >= 15 is 0 Å². The maximum atomic E-state index is 12.3. The Labute approximate surface area is 153 Å². The van der Waals surface area contributed by atoms with Crippen molar-refractivity contribution in [3.63, 3.8) is 0 Å². The summed E-state index contributed by atoms with van der Waals surface area (Å²) in [6.45, 7) is 2.48. The van der Waals surface area contributed by atoms with Gasteiger partial charge >= 0.3 is 6.03 Å². The van der Waals surface area contributed by atoms with Crippen LogP contribution in [0.5, 0.6) is 5.75 Å². The number of carbonyl (C=O) groups is 2. The molecule has 1 saturated heterocycles. The van der Waals surface area contributed by atoms with Gasteiger partial charge in [0.25, 0.3) is 0 Å². The highest BCUT2D eigenvalue weighted by molar-refractivity contribution is 5.98.